The third-order valence-electron chi connectivity index (χ3n) is 5.12. The van der Waals surface area contributed by atoms with E-state index < -0.39 is 0 Å². The first-order chi connectivity index (χ1) is 16.0. The Morgan fingerprint density at radius 2 is 1.76 bits per heavy atom. The van der Waals surface area contributed by atoms with E-state index in [4.69, 9.17) is 4.74 Å². The van der Waals surface area contributed by atoms with Crippen molar-refractivity contribution in [3.05, 3.63) is 102 Å². The number of nitrogens with one attached hydrogen (secondary N) is 2. The van der Waals surface area contributed by atoms with Crippen LogP contribution in [0.1, 0.15) is 28.9 Å². The molecule has 3 aromatic carbocycles. The summed E-state index contributed by atoms with van der Waals surface area (Å²) in [5.74, 6) is 1.35. The normalized spacial score (nSPS) is 11.5. The number of hydrogen-bond acceptors (Lipinski definition) is 5. The Hall–Kier alpha value is -4.26. The smallest absolute Gasteiger partial charge is 0.251 e. The van der Waals surface area contributed by atoms with Crippen molar-refractivity contribution in [1.82, 2.24) is 15.3 Å². The largest absolute Gasteiger partial charge is 0.497 e. The summed E-state index contributed by atoms with van der Waals surface area (Å²) >= 11 is 0. The number of rotatable bonds is 7. The first-order valence-corrected chi connectivity index (χ1v) is 10.4. The number of hydrogen-bond donors (Lipinski definition) is 2. The number of methoxy groups -OCH3 is 1. The van der Waals surface area contributed by atoms with Crippen molar-refractivity contribution in [3.63, 3.8) is 0 Å². The molecule has 6 nitrogen and oxygen atoms in total. The molecule has 0 aliphatic carbocycles. The quantitative estimate of drug-likeness (QED) is 0.394. The minimum absolute atomic E-state index is 0.169. The van der Waals surface area contributed by atoms with Gasteiger partial charge in [0.1, 0.15) is 17.4 Å². The average molecular weight is 442 g/mol. The number of anilines is 2. The first kappa shape index (κ1) is 22.0. The number of amides is 1. The van der Waals surface area contributed by atoms with Crippen LogP contribution in [0, 0.1) is 5.82 Å². The van der Waals surface area contributed by atoms with Gasteiger partial charge in [0.2, 0.25) is 0 Å². The van der Waals surface area contributed by atoms with E-state index in [-0.39, 0.29) is 17.8 Å². The zero-order valence-corrected chi connectivity index (χ0v) is 18.2. The second kappa shape index (κ2) is 9.91. The predicted octanol–water partition coefficient (Wildman–Crippen LogP) is 5.53. The molecule has 33 heavy (non-hydrogen) atoms. The topological polar surface area (TPSA) is 76.1 Å². The molecule has 166 valence electrons. The average Bonchev–Trinajstić information content (AvgIpc) is 2.85. The summed E-state index contributed by atoms with van der Waals surface area (Å²) in [4.78, 5) is 21.4. The van der Waals surface area contributed by atoms with Gasteiger partial charge in [-0.15, -0.1) is 0 Å². The molecule has 0 fully saturated rings. The maximum absolute atomic E-state index is 13.2. The lowest BCUT2D eigenvalue weighted by molar-refractivity contribution is 0.0940. The Morgan fingerprint density at radius 1 is 1.00 bits per heavy atom. The lowest BCUT2D eigenvalue weighted by Gasteiger charge is -2.15. The summed E-state index contributed by atoms with van der Waals surface area (Å²) < 4.78 is 18.4. The lowest BCUT2D eigenvalue weighted by Crippen LogP contribution is -2.26. The number of carbonyl (C=O) groups excluding carboxylic acids is 1. The van der Waals surface area contributed by atoms with Gasteiger partial charge in [0.05, 0.1) is 13.2 Å². The van der Waals surface area contributed by atoms with Gasteiger partial charge in [0.25, 0.3) is 5.91 Å². The van der Waals surface area contributed by atoms with Crippen LogP contribution in [0.4, 0.5) is 15.9 Å². The van der Waals surface area contributed by atoms with Crippen LogP contribution in [0.3, 0.4) is 0 Å². The molecule has 0 aliphatic rings. The summed E-state index contributed by atoms with van der Waals surface area (Å²) in [5, 5.41) is 6.20. The van der Waals surface area contributed by atoms with Gasteiger partial charge in [-0.05, 0) is 79.2 Å². The van der Waals surface area contributed by atoms with E-state index in [1.165, 1.54) is 12.1 Å². The third-order valence-corrected chi connectivity index (χ3v) is 5.12. The van der Waals surface area contributed by atoms with Gasteiger partial charge in [0, 0.05) is 23.0 Å². The summed E-state index contributed by atoms with van der Waals surface area (Å²) in [6.07, 6.45) is 1.63. The Kier molecular flexibility index (Phi) is 6.59. The van der Waals surface area contributed by atoms with E-state index in [1.807, 2.05) is 43.3 Å². The highest BCUT2D eigenvalue weighted by Crippen LogP contribution is 2.21. The maximum Gasteiger partial charge on any atom is 0.251 e. The van der Waals surface area contributed by atoms with Crippen LogP contribution < -0.4 is 15.4 Å². The highest BCUT2D eigenvalue weighted by Gasteiger charge is 2.12. The molecule has 7 heteroatoms. The summed E-state index contributed by atoms with van der Waals surface area (Å²) in [7, 11) is 1.61. The second-order valence-electron chi connectivity index (χ2n) is 7.45. The molecule has 0 radical (unpaired) electrons. The number of carbonyl (C=O) groups is 1. The van der Waals surface area contributed by atoms with Crippen LogP contribution in [0.15, 0.2) is 85.1 Å². The maximum atomic E-state index is 13.2. The monoisotopic (exact) mass is 442 g/mol. The number of aromatic nitrogens is 2. The third kappa shape index (κ3) is 5.51. The second-order valence-corrected chi connectivity index (χ2v) is 7.45. The fraction of sp³-hybridized carbons (Fsp3) is 0.115. The fourth-order valence-corrected chi connectivity index (χ4v) is 3.29. The fourth-order valence-electron chi connectivity index (χ4n) is 3.29. The molecular formula is C26H23FN4O2. The minimum Gasteiger partial charge on any atom is -0.497 e. The number of halogens is 1. The Morgan fingerprint density at radius 3 is 2.48 bits per heavy atom. The van der Waals surface area contributed by atoms with Gasteiger partial charge in [-0.2, -0.15) is 0 Å². The van der Waals surface area contributed by atoms with Gasteiger partial charge in [-0.1, -0.05) is 12.1 Å². The molecule has 1 atom stereocenters. The molecule has 4 aromatic rings. The van der Waals surface area contributed by atoms with E-state index >= 15 is 0 Å². The van der Waals surface area contributed by atoms with Crippen molar-refractivity contribution in [1.29, 1.82) is 0 Å². The van der Waals surface area contributed by atoms with Crippen LogP contribution in [0.2, 0.25) is 0 Å². The van der Waals surface area contributed by atoms with Crippen LogP contribution in [-0.4, -0.2) is 23.0 Å². The van der Waals surface area contributed by atoms with Crippen molar-refractivity contribution in [2.75, 3.05) is 12.4 Å². The van der Waals surface area contributed by atoms with Crippen LogP contribution in [0.5, 0.6) is 5.75 Å². The van der Waals surface area contributed by atoms with Gasteiger partial charge >= 0.3 is 0 Å². The molecule has 0 bridgehead atoms. The Bertz CT molecular complexity index is 1240. The van der Waals surface area contributed by atoms with Crippen LogP contribution in [-0.2, 0) is 0 Å². The molecular weight excluding hydrogens is 419 g/mol. The van der Waals surface area contributed by atoms with Crippen molar-refractivity contribution in [3.8, 4) is 17.1 Å². The lowest BCUT2D eigenvalue weighted by atomic mass is 10.1. The molecule has 1 aromatic heterocycles. The summed E-state index contributed by atoms with van der Waals surface area (Å²) in [6.45, 7) is 1.93. The zero-order valence-electron chi connectivity index (χ0n) is 18.2. The number of benzene rings is 3. The first-order valence-electron chi connectivity index (χ1n) is 10.4. The van der Waals surface area contributed by atoms with E-state index in [9.17, 15) is 9.18 Å². The highest BCUT2D eigenvalue weighted by molar-refractivity contribution is 5.94. The van der Waals surface area contributed by atoms with Crippen molar-refractivity contribution in [2.45, 2.75) is 13.0 Å². The molecule has 2 N–H and O–H groups in total. The molecule has 0 saturated carbocycles. The van der Waals surface area contributed by atoms with Crippen LogP contribution in [0.25, 0.3) is 11.4 Å². The van der Waals surface area contributed by atoms with E-state index in [2.05, 4.69) is 20.6 Å². The van der Waals surface area contributed by atoms with Gasteiger partial charge in [0.15, 0.2) is 5.82 Å². The number of ether oxygens (including phenoxy) is 1. The molecule has 4 rings (SSSR count). The Balaban J connectivity index is 1.41. The molecule has 0 unspecified atom stereocenters. The molecule has 0 saturated heterocycles. The molecule has 0 aliphatic heterocycles. The van der Waals surface area contributed by atoms with Gasteiger partial charge in [-0.25, -0.2) is 14.4 Å². The molecule has 0 spiro atoms. The van der Waals surface area contributed by atoms with Crippen LogP contribution >= 0.6 is 0 Å². The highest BCUT2D eigenvalue weighted by atomic mass is 19.1. The van der Waals surface area contributed by atoms with E-state index in [0.717, 1.165) is 22.6 Å². The molecule has 1 amide bonds. The van der Waals surface area contributed by atoms with Crippen molar-refractivity contribution < 1.29 is 13.9 Å². The zero-order chi connectivity index (χ0) is 23.2. The summed E-state index contributed by atoms with van der Waals surface area (Å²) in [6, 6.07) is 22.3. The van der Waals surface area contributed by atoms with E-state index in [1.54, 1.807) is 43.6 Å². The van der Waals surface area contributed by atoms with Crippen molar-refractivity contribution in [2.24, 2.45) is 0 Å². The standard InChI is InChI=1S/C26H23FN4O2/c1-17(20-4-3-5-23(16-20)33-2)29-26(32)19-8-12-22(13-9-19)30-24-14-15-28-25(31-24)18-6-10-21(27)11-7-18/h3-17H,1-2H3,(H,29,32)(H,28,30,31)/t17-/m1/s1. The minimum atomic E-state index is -0.310. The molecule has 1 heterocycles. The Labute approximate surface area is 191 Å². The summed E-state index contributed by atoms with van der Waals surface area (Å²) in [5.41, 5.74) is 3.00. The SMILES string of the molecule is COc1cccc([C@@H](C)NC(=O)c2ccc(Nc3ccnc(-c4ccc(F)cc4)n3)cc2)c1. The van der Waals surface area contributed by atoms with Crippen molar-refractivity contribution >= 4 is 17.4 Å². The van der Waals surface area contributed by atoms with E-state index in [0.29, 0.717) is 17.2 Å². The van der Waals surface area contributed by atoms with Gasteiger partial charge in [-0.3, -0.25) is 4.79 Å². The van der Waals surface area contributed by atoms with Gasteiger partial charge < -0.3 is 15.4 Å². The predicted molar refractivity (Wildman–Crippen MR) is 126 cm³/mol. The number of nitrogens with zero attached hydrogens (tertiary/aromatic N) is 2.